The summed E-state index contributed by atoms with van der Waals surface area (Å²) in [6.07, 6.45) is 0.706. The number of ether oxygens (including phenoxy) is 2. The third kappa shape index (κ3) is 6.33. The number of primary amides is 1. The van der Waals surface area contributed by atoms with E-state index in [1.807, 2.05) is 19.9 Å². The molecule has 0 radical (unpaired) electrons. The summed E-state index contributed by atoms with van der Waals surface area (Å²) in [6, 6.07) is 10.7. The van der Waals surface area contributed by atoms with Crippen molar-refractivity contribution >= 4 is 11.8 Å². The zero-order chi connectivity index (χ0) is 19.8. The Bertz CT molecular complexity index is 801. The van der Waals surface area contributed by atoms with Gasteiger partial charge >= 0.3 is 0 Å². The topological polar surface area (TPSA) is 90.7 Å². The van der Waals surface area contributed by atoms with E-state index in [0.717, 1.165) is 11.3 Å². The van der Waals surface area contributed by atoms with Crippen LogP contribution in [-0.4, -0.2) is 31.6 Å². The van der Waals surface area contributed by atoms with Crippen LogP contribution in [0.3, 0.4) is 0 Å². The fourth-order valence-corrected chi connectivity index (χ4v) is 2.57. The number of hydrogen-bond donors (Lipinski definition) is 2. The molecule has 0 unspecified atom stereocenters. The Morgan fingerprint density at radius 2 is 1.74 bits per heavy atom. The predicted octanol–water partition coefficient (Wildman–Crippen LogP) is 2.67. The van der Waals surface area contributed by atoms with E-state index in [0.29, 0.717) is 30.9 Å². The summed E-state index contributed by atoms with van der Waals surface area (Å²) >= 11 is 0. The summed E-state index contributed by atoms with van der Waals surface area (Å²) in [7, 11) is 0. The van der Waals surface area contributed by atoms with Gasteiger partial charge in [-0.15, -0.1) is 0 Å². The molecular weight excluding hydrogens is 344 g/mol. The van der Waals surface area contributed by atoms with Crippen molar-refractivity contribution in [2.75, 3.05) is 19.8 Å². The molecule has 2 amide bonds. The van der Waals surface area contributed by atoms with Gasteiger partial charge in [-0.25, -0.2) is 0 Å². The lowest BCUT2D eigenvalue weighted by molar-refractivity contribution is -0.119. The molecule has 0 aliphatic rings. The SMILES string of the molecule is Cc1cc(C)c(C)c(OCCCNC(=O)c2ccc(OCC(N)=O)cc2)c1. The molecule has 0 aliphatic carbocycles. The second-order valence-corrected chi connectivity index (χ2v) is 6.44. The van der Waals surface area contributed by atoms with Gasteiger partial charge in [0, 0.05) is 12.1 Å². The molecule has 6 heteroatoms. The van der Waals surface area contributed by atoms with E-state index in [4.69, 9.17) is 15.2 Å². The van der Waals surface area contributed by atoms with Crippen molar-refractivity contribution in [2.24, 2.45) is 5.73 Å². The zero-order valence-electron chi connectivity index (χ0n) is 16.0. The lowest BCUT2D eigenvalue weighted by Gasteiger charge is -2.12. The summed E-state index contributed by atoms with van der Waals surface area (Å²) in [5.74, 6) is 0.669. The summed E-state index contributed by atoms with van der Waals surface area (Å²) in [4.78, 5) is 22.8. The standard InChI is InChI=1S/C21H26N2O4/c1-14-11-15(2)16(3)19(12-14)26-10-4-9-23-21(25)17-5-7-18(8-6-17)27-13-20(22)24/h5-8,11-12H,4,9-10,13H2,1-3H3,(H2,22,24)(H,23,25). The van der Waals surface area contributed by atoms with Crippen molar-refractivity contribution in [1.82, 2.24) is 5.32 Å². The van der Waals surface area contributed by atoms with Gasteiger partial charge in [-0.05, 0) is 74.2 Å². The minimum absolute atomic E-state index is 0.168. The molecule has 0 saturated heterocycles. The van der Waals surface area contributed by atoms with Gasteiger partial charge in [0.15, 0.2) is 6.61 Å². The van der Waals surface area contributed by atoms with Crippen LogP contribution in [0, 0.1) is 20.8 Å². The number of carbonyl (C=O) groups excluding carboxylic acids is 2. The second-order valence-electron chi connectivity index (χ2n) is 6.44. The molecule has 27 heavy (non-hydrogen) atoms. The maximum atomic E-state index is 12.1. The summed E-state index contributed by atoms with van der Waals surface area (Å²) in [5.41, 5.74) is 9.06. The molecule has 0 aromatic heterocycles. The first-order chi connectivity index (χ1) is 12.9. The minimum atomic E-state index is -0.546. The van der Waals surface area contributed by atoms with E-state index >= 15 is 0 Å². The monoisotopic (exact) mass is 370 g/mol. The Morgan fingerprint density at radius 3 is 2.41 bits per heavy atom. The molecule has 0 heterocycles. The van der Waals surface area contributed by atoms with E-state index < -0.39 is 5.91 Å². The molecule has 0 spiro atoms. The van der Waals surface area contributed by atoms with Crippen LogP contribution in [0.25, 0.3) is 0 Å². The highest BCUT2D eigenvalue weighted by Gasteiger charge is 2.07. The highest BCUT2D eigenvalue weighted by Crippen LogP contribution is 2.23. The van der Waals surface area contributed by atoms with Gasteiger partial charge in [0.05, 0.1) is 6.61 Å². The minimum Gasteiger partial charge on any atom is -0.493 e. The Kier molecular flexibility index (Phi) is 7.23. The van der Waals surface area contributed by atoms with Crippen LogP contribution in [0.1, 0.15) is 33.5 Å². The molecule has 2 aromatic rings. The van der Waals surface area contributed by atoms with Crippen molar-refractivity contribution in [3.63, 3.8) is 0 Å². The fraction of sp³-hybridized carbons (Fsp3) is 0.333. The number of aryl methyl sites for hydroxylation is 2. The molecule has 2 aromatic carbocycles. The van der Waals surface area contributed by atoms with Gasteiger partial charge in [0.25, 0.3) is 11.8 Å². The number of amides is 2. The van der Waals surface area contributed by atoms with E-state index in [2.05, 4.69) is 18.3 Å². The maximum absolute atomic E-state index is 12.1. The van der Waals surface area contributed by atoms with Gasteiger partial charge in [-0.2, -0.15) is 0 Å². The third-order valence-electron chi connectivity index (χ3n) is 4.13. The summed E-state index contributed by atoms with van der Waals surface area (Å²) < 4.78 is 11.0. The third-order valence-corrected chi connectivity index (χ3v) is 4.13. The smallest absolute Gasteiger partial charge is 0.255 e. The number of rotatable bonds is 9. The molecule has 0 atom stereocenters. The Hall–Kier alpha value is -3.02. The maximum Gasteiger partial charge on any atom is 0.255 e. The first kappa shape index (κ1) is 20.3. The van der Waals surface area contributed by atoms with Crippen molar-refractivity contribution in [2.45, 2.75) is 27.2 Å². The molecule has 0 bridgehead atoms. The highest BCUT2D eigenvalue weighted by atomic mass is 16.5. The van der Waals surface area contributed by atoms with Crippen LogP contribution in [0.15, 0.2) is 36.4 Å². The Balaban J connectivity index is 1.74. The normalized spacial score (nSPS) is 10.3. The molecular formula is C21H26N2O4. The number of hydrogen-bond acceptors (Lipinski definition) is 4. The van der Waals surface area contributed by atoms with E-state index in [1.165, 1.54) is 11.1 Å². The van der Waals surface area contributed by atoms with Crippen LogP contribution in [-0.2, 0) is 4.79 Å². The molecule has 0 fully saturated rings. The fourth-order valence-electron chi connectivity index (χ4n) is 2.57. The van der Waals surface area contributed by atoms with Crippen LogP contribution in [0.5, 0.6) is 11.5 Å². The predicted molar refractivity (Wildman–Crippen MR) is 104 cm³/mol. The Labute approximate surface area is 159 Å². The molecule has 6 nitrogen and oxygen atoms in total. The molecule has 0 aliphatic heterocycles. The van der Waals surface area contributed by atoms with Gasteiger partial charge in [0.2, 0.25) is 0 Å². The molecule has 0 saturated carbocycles. The van der Waals surface area contributed by atoms with Crippen LogP contribution in [0.2, 0.25) is 0 Å². The summed E-state index contributed by atoms with van der Waals surface area (Å²) in [6.45, 7) is 7.02. The number of nitrogens with two attached hydrogens (primary N) is 1. The number of benzene rings is 2. The molecule has 3 N–H and O–H groups in total. The second kappa shape index (κ2) is 9.62. The quantitative estimate of drug-likeness (QED) is 0.664. The lowest BCUT2D eigenvalue weighted by Crippen LogP contribution is -2.25. The van der Waals surface area contributed by atoms with E-state index in [-0.39, 0.29) is 12.5 Å². The van der Waals surface area contributed by atoms with Crippen molar-refractivity contribution in [3.8, 4) is 11.5 Å². The highest BCUT2D eigenvalue weighted by molar-refractivity contribution is 5.94. The average molecular weight is 370 g/mol. The first-order valence-electron chi connectivity index (χ1n) is 8.87. The zero-order valence-corrected chi connectivity index (χ0v) is 16.0. The summed E-state index contributed by atoms with van der Waals surface area (Å²) in [5, 5.41) is 2.86. The number of carbonyl (C=O) groups is 2. The first-order valence-corrected chi connectivity index (χ1v) is 8.87. The van der Waals surface area contributed by atoms with E-state index in [1.54, 1.807) is 24.3 Å². The molecule has 2 rings (SSSR count). The molecule has 144 valence electrons. The van der Waals surface area contributed by atoms with Gasteiger partial charge in [0.1, 0.15) is 11.5 Å². The van der Waals surface area contributed by atoms with Crippen LogP contribution < -0.4 is 20.5 Å². The average Bonchev–Trinajstić information content (AvgIpc) is 2.63. The van der Waals surface area contributed by atoms with Crippen molar-refractivity contribution in [3.05, 3.63) is 58.7 Å². The Morgan fingerprint density at radius 1 is 1.04 bits per heavy atom. The lowest BCUT2D eigenvalue weighted by atomic mass is 10.1. The van der Waals surface area contributed by atoms with Gasteiger partial charge < -0.3 is 20.5 Å². The van der Waals surface area contributed by atoms with Gasteiger partial charge in [-0.1, -0.05) is 6.07 Å². The van der Waals surface area contributed by atoms with Gasteiger partial charge in [-0.3, -0.25) is 9.59 Å². The van der Waals surface area contributed by atoms with Crippen molar-refractivity contribution in [1.29, 1.82) is 0 Å². The van der Waals surface area contributed by atoms with Crippen LogP contribution >= 0.6 is 0 Å². The largest absolute Gasteiger partial charge is 0.493 e. The van der Waals surface area contributed by atoms with Crippen LogP contribution in [0.4, 0.5) is 0 Å². The van der Waals surface area contributed by atoms with E-state index in [9.17, 15) is 9.59 Å². The van der Waals surface area contributed by atoms with Crippen molar-refractivity contribution < 1.29 is 19.1 Å². The number of nitrogens with one attached hydrogen (secondary N) is 1.